The lowest BCUT2D eigenvalue weighted by molar-refractivity contribution is -0.126. The van der Waals surface area contributed by atoms with Crippen molar-refractivity contribution in [1.82, 2.24) is 0 Å². The van der Waals surface area contributed by atoms with Gasteiger partial charge >= 0.3 is 10.3 Å². The Bertz CT molecular complexity index is 858. The third kappa shape index (κ3) is 2.40. The maximum atomic E-state index is 12.3. The molecule has 3 aliphatic rings. The highest BCUT2D eigenvalue weighted by atomic mass is 32.2. The first kappa shape index (κ1) is 15.8. The van der Waals surface area contributed by atoms with Gasteiger partial charge in [0.05, 0.1) is 0 Å². The lowest BCUT2D eigenvalue weighted by Crippen LogP contribution is -2.37. The summed E-state index contributed by atoms with van der Waals surface area (Å²) in [6.45, 7) is 2.13. The van der Waals surface area contributed by atoms with Gasteiger partial charge in [0.1, 0.15) is 11.5 Å². The van der Waals surface area contributed by atoms with Gasteiger partial charge in [-0.05, 0) is 54.9 Å². The lowest BCUT2D eigenvalue weighted by atomic mass is 9.60. The number of fused-ring (bicyclic) bond motifs is 5. The second-order valence-corrected chi connectivity index (χ2v) is 8.52. The highest BCUT2D eigenvalue weighted by Crippen LogP contribution is 2.57. The molecular formula is C18H21NO4S. The molecule has 3 atom stereocenters. The number of allylic oxidation sites excluding steroid dienone is 2. The van der Waals surface area contributed by atoms with Crippen LogP contribution >= 0.6 is 0 Å². The minimum atomic E-state index is -4.01. The molecule has 2 N–H and O–H groups in total. The Morgan fingerprint density at radius 1 is 1.29 bits per heavy atom. The Labute approximate surface area is 142 Å². The number of rotatable bonds is 2. The molecule has 0 amide bonds. The van der Waals surface area contributed by atoms with Gasteiger partial charge in [0, 0.05) is 17.8 Å². The van der Waals surface area contributed by atoms with Gasteiger partial charge < -0.3 is 4.18 Å². The second kappa shape index (κ2) is 5.17. The third-order valence-electron chi connectivity index (χ3n) is 6.08. The Kier molecular flexibility index (Phi) is 3.41. The summed E-state index contributed by atoms with van der Waals surface area (Å²) in [6, 6.07) is 5.38. The third-order valence-corrected chi connectivity index (χ3v) is 6.51. The number of hydrogen-bond donors (Lipinski definition) is 1. The summed E-state index contributed by atoms with van der Waals surface area (Å²) >= 11 is 0. The van der Waals surface area contributed by atoms with Crippen LogP contribution in [0.25, 0.3) is 0 Å². The first-order valence-electron chi connectivity index (χ1n) is 8.36. The van der Waals surface area contributed by atoms with Crippen molar-refractivity contribution in [2.45, 2.75) is 44.9 Å². The molecule has 1 aromatic carbocycles. The van der Waals surface area contributed by atoms with Crippen LogP contribution in [0, 0.1) is 11.3 Å². The van der Waals surface area contributed by atoms with Gasteiger partial charge in [-0.1, -0.05) is 24.6 Å². The molecule has 4 rings (SSSR count). The number of nitrogens with two attached hydrogens (primary N) is 1. The van der Waals surface area contributed by atoms with Crippen molar-refractivity contribution in [2.75, 3.05) is 0 Å². The first-order chi connectivity index (χ1) is 11.3. The number of Topliss-reactive ketones (excluding diaryl/α,β-unsaturated/α-hetero) is 1. The molecule has 0 bridgehead atoms. The SMILES string of the molecule is C[C@]12CCC3C(=CCc4cc(OS(N)(=O)=O)ccc43)C1CCC2=O. The summed E-state index contributed by atoms with van der Waals surface area (Å²) in [5.41, 5.74) is 3.53. The van der Waals surface area contributed by atoms with Gasteiger partial charge in [-0.15, -0.1) is 0 Å². The van der Waals surface area contributed by atoms with E-state index >= 15 is 0 Å². The predicted octanol–water partition coefficient (Wildman–Crippen LogP) is 2.61. The molecule has 0 saturated heterocycles. The van der Waals surface area contributed by atoms with Gasteiger partial charge in [-0.3, -0.25) is 4.79 Å². The summed E-state index contributed by atoms with van der Waals surface area (Å²) in [5, 5.41) is 4.94. The topological polar surface area (TPSA) is 86.5 Å². The van der Waals surface area contributed by atoms with Gasteiger partial charge in [-0.2, -0.15) is 13.6 Å². The molecule has 0 aromatic heterocycles. The Hall–Kier alpha value is -1.66. The minimum Gasteiger partial charge on any atom is -0.371 e. The van der Waals surface area contributed by atoms with E-state index in [2.05, 4.69) is 13.0 Å². The predicted molar refractivity (Wildman–Crippen MR) is 89.8 cm³/mol. The van der Waals surface area contributed by atoms with Crippen LogP contribution in [-0.2, 0) is 21.5 Å². The van der Waals surface area contributed by atoms with E-state index < -0.39 is 10.3 Å². The van der Waals surface area contributed by atoms with Gasteiger partial charge in [0.2, 0.25) is 0 Å². The summed E-state index contributed by atoms with van der Waals surface area (Å²) in [4.78, 5) is 12.3. The fourth-order valence-electron chi connectivity index (χ4n) is 4.91. The summed E-state index contributed by atoms with van der Waals surface area (Å²) in [5.74, 6) is 1.36. The molecule has 0 aliphatic heterocycles. The molecule has 2 unspecified atom stereocenters. The smallest absolute Gasteiger partial charge is 0.371 e. The van der Waals surface area contributed by atoms with Crippen molar-refractivity contribution >= 4 is 16.1 Å². The highest BCUT2D eigenvalue weighted by molar-refractivity contribution is 7.84. The van der Waals surface area contributed by atoms with Crippen molar-refractivity contribution in [3.05, 3.63) is 41.0 Å². The fraction of sp³-hybridized carbons (Fsp3) is 0.500. The molecule has 2 saturated carbocycles. The molecular weight excluding hydrogens is 326 g/mol. The van der Waals surface area contributed by atoms with Crippen LogP contribution in [0.2, 0.25) is 0 Å². The van der Waals surface area contributed by atoms with E-state index in [1.165, 1.54) is 11.1 Å². The van der Waals surface area contributed by atoms with Crippen molar-refractivity contribution in [1.29, 1.82) is 0 Å². The molecule has 0 radical (unpaired) electrons. The second-order valence-electron chi connectivity index (χ2n) is 7.37. The molecule has 128 valence electrons. The molecule has 6 heteroatoms. The normalized spacial score (nSPS) is 31.8. The van der Waals surface area contributed by atoms with Crippen LogP contribution < -0.4 is 9.32 Å². The van der Waals surface area contributed by atoms with Gasteiger partial charge in [0.15, 0.2) is 0 Å². The van der Waals surface area contributed by atoms with Crippen LogP contribution in [0.1, 0.15) is 49.7 Å². The standard InChI is InChI=1S/C18H21NO4S/c1-18-9-8-14-13-5-3-12(23-24(19,21)22)10-11(13)2-4-15(14)16(18)6-7-17(18)20/h3-5,10,14,16H,2,6-9H2,1H3,(H2,19,21,22)/t14?,16?,18-/m0/s1. The van der Waals surface area contributed by atoms with Crippen LogP contribution in [-0.4, -0.2) is 14.2 Å². The highest BCUT2D eigenvalue weighted by Gasteiger charge is 2.52. The summed E-state index contributed by atoms with van der Waals surface area (Å²) in [7, 11) is -4.01. The fourth-order valence-corrected chi connectivity index (χ4v) is 5.28. The minimum absolute atomic E-state index is 0.184. The average molecular weight is 347 g/mol. The van der Waals surface area contributed by atoms with E-state index in [1.807, 2.05) is 6.07 Å². The summed E-state index contributed by atoms with van der Waals surface area (Å²) < 4.78 is 27.0. The lowest BCUT2D eigenvalue weighted by Gasteiger charge is -2.43. The molecule has 24 heavy (non-hydrogen) atoms. The molecule has 1 aromatic rings. The first-order valence-corrected chi connectivity index (χ1v) is 9.83. The zero-order chi connectivity index (χ0) is 17.1. The zero-order valence-corrected chi connectivity index (χ0v) is 14.4. The number of benzene rings is 1. The molecule has 0 spiro atoms. The quantitative estimate of drug-likeness (QED) is 0.833. The van der Waals surface area contributed by atoms with E-state index in [1.54, 1.807) is 12.1 Å². The van der Waals surface area contributed by atoms with E-state index in [9.17, 15) is 13.2 Å². The van der Waals surface area contributed by atoms with Gasteiger partial charge in [-0.25, -0.2) is 0 Å². The zero-order valence-electron chi connectivity index (χ0n) is 13.6. The van der Waals surface area contributed by atoms with E-state index in [0.29, 0.717) is 24.0 Å². The van der Waals surface area contributed by atoms with Crippen molar-refractivity contribution in [2.24, 2.45) is 16.5 Å². The van der Waals surface area contributed by atoms with Gasteiger partial charge in [0.25, 0.3) is 0 Å². The number of hydrogen-bond acceptors (Lipinski definition) is 4. The molecule has 2 fully saturated rings. The number of ketones is 1. The van der Waals surface area contributed by atoms with E-state index in [-0.39, 0.29) is 11.2 Å². The van der Waals surface area contributed by atoms with Crippen molar-refractivity contribution in [3.8, 4) is 5.75 Å². The summed E-state index contributed by atoms with van der Waals surface area (Å²) in [6.07, 6.45) is 6.53. The van der Waals surface area contributed by atoms with Crippen LogP contribution in [0.3, 0.4) is 0 Å². The monoisotopic (exact) mass is 347 g/mol. The Morgan fingerprint density at radius 3 is 2.83 bits per heavy atom. The maximum absolute atomic E-state index is 12.3. The van der Waals surface area contributed by atoms with E-state index in [0.717, 1.165) is 31.2 Å². The molecule has 0 heterocycles. The molecule has 3 aliphatic carbocycles. The van der Waals surface area contributed by atoms with Crippen LogP contribution in [0.4, 0.5) is 0 Å². The Balaban J connectivity index is 1.68. The van der Waals surface area contributed by atoms with Crippen molar-refractivity contribution < 1.29 is 17.4 Å². The van der Waals surface area contributed by atoms with Crippen molar-refractivity contribution in [3.63, 3.8) is 0 Å². The average Bonchev–Trinajstić information content (AvgIpc) is 2.81. The Morgan fingerprint density at radius 2 is 2.08 bits per heavy atom. The largest absolute Gasteiger partial charge is 0.380 e. The number of carbonyl (C=O) groups excluding carboxylic acids is 1. The van der Waals surface area contributed by atoms with Crippen LogP contribution in [0.15, 0.2) is 29.8 Å². The molecule has 5 nitrogen and oxygen atoms in total. The maximum Gasteiger partial charge on any atom is 0.380 e. The van der Waals surface area contributed by atoms with Crippen LogP contribution in [0.5, 0.6) is 5.75 Å². The number of carbonyl (C=O) groups is 1. The van der Waals surface area contributed by atoms with E-state index in [4.69, 9.17) is 9.32 Å².